The summed E-state index contributed by atoms with van der Waals surface area (Å²) in [6.07, 6.45) is 1.24. The smallest absolute Gasteiger partial charge is 0.336 e. The third-order valence-electron chi connectivity index (χ3n) is 3.28. The zero-order chi connectivity index (χ0) is 17.3. The summed E-state index contributed by atoms with van der Waals surface area (Å²) in [7, 11) is 0. The van der Waals surface area contributed by atoms with Crippen molar-refractivity contribution in [2.45, 2.75) is 54.4 Å². The molecule has 0 saturated heterocycles. The number of benzene rings is 1. The van der Waals surface area contributed by atoms with Gasteiger partial charge in [0.2, 0.25) is 0 Å². The molecule has 22 heavy (non-hydrogen) atoms. The minimum Gasteiger partial charge on any atom is -0.478 e. The van der Waals surface area contributed by atoms with Crippen LogP contribution in [0.4, 0.5) is 0 Å². The monoisotopic (exact) mass is 306 g/mol. The van der Waals surface area contributed by atoms with Crippen LogP contribution < -0.4 is 0 Å². The summed E-state index contributed by atoms with van der Waals surface area (Å²) >= 11 is 0. The predicted molar refractivity (Wildman–Crippen MR) is 86.7 cm³/mol. The van der Waals surface area contributed by atoms with E-state index in [1.165, 1.54) is 6.07 Å². The van der Waals surface area contributed by atoms with Gasteiger partial charge in [0.1, 0.15) is 0 Å². The van der Waals surface area contributed by atoms with E-state index in [0.29, 0.717) is 18.4 Å². The first-order chi connectivity index (χ1) is 9.82. The van der Waals surface area contributed by atoms with Gasteiger partial charge in [0.05, 0.1) is 11.1 Å². The van der Waals surface area contributed by atoms with Gasteiger partial charge in [0.25, 0.3) is 0 Å². The molecule has 0 aliphatic heterocycles. The van der Waals surface area contributed by atoms with Gasteiger partial charge in [-0.3, -0.25) is 0 Å². The van der Waals surface area contributed by atoms with E-state index in [0.717, 1.165) is 5.56 Å². The van der Waals surface area contributed by atoms with Gasteiger partial charge in [-0.1, -0.05) is 47.6 Å². The molecule has 0 radical (unpaired) electrons. The molecule has 122 valence electrons. The largest absolute Gasteiger partial charge is 0.478 e. The maximum absolute atomic E-state index is 11.7. The molecule has 1 aromatic rings. The van der Waals surface area contributed by atoms with Crippen molar-refractivity contribution in [1.29, 1.82) is 0 Å². The van der Waals surface area contributed by atoms with E-state index >= 15 is 0 Å². The van der Waals surface area contributed by atoms with Gasteiger partial charge >= 0.3 is 11.9 Å². The number of aromatic carboxylic acids is 2. The van der Waals surface area contributed by atoms with Crippen LogP contribution in [0.3, 0.4) is 0 Å². The fourth-order valence-corrected chi connectivity index (χ4v) is 2.58. The summed E-state index contributed by atoms with van der Waals surface area (Å²) in [6.45, 7) is 12.3. The lowest BCUT2D eigenvalue weighted by Crippen LogP contribution is -2.21. The van der Waals surface area contributed by atoms with Gasteiger partial charge in [-0.05, 0) is 40.9 Å². The van der Waals surface area contributed by atoms with Gasteiger partial charge in [0, 0.05) is 0 Å². The Morgan fingerprint density at radius 3 is 1.73 bits per heavy atom. The number of carboxylic acids is 2. The number of hydrogen-bond donors (Lipinski definition) is 2. The molecule has 0 heterocycles. The Labute approximate surface area is 132 Å². The highest BCUT2D eigenvalue weighted by Crippen LogP contribution is 2.32. The van der Waals surface area contributed by atoms with Crippen LogP contribution in [0.15, 0.2) is 12.1 Å². The standard InChI is InChI=1S/C18H26O4/c1-17(2,3)9-11-7-8-12(15(19)20)14(16(21)22)13(11)10-18(4,5)6/h7-8H,9-10H2,1-6H3,(H,19,20)(H,21,22). The van der Waals surface area contributed by atoms with Crippen molar-refractivity contribution >= 4 is 11.9 Å². The molecule has 1 rings (SSSR count). The fraction of sp³-hybridized carbons (Fsp3) is 0.556. The van der Waals surface area contributed by atoms with Crippen molar-refractivity contribution in [2.24, 2.45) is 10.8 Å². The first-order valence-corrected chi connectivity index (χ1v) is 7.43. The number of rotatable bonds is 4. The molecule has 0 unspecified atom stereocenters. The van der Waals surface area contributed by atoms with Crippen molar-refractivity contribution in [3.05, 3.63) is 34.4 Å². The molecule has 2 N–H and O–H groups in total. The highest BCUT2D eigenvalue weighted by atomic mass is 16.4. The summed E-state index contributed by atoms with van der Waals surface area (Å²) in [5, 5.41) is 18.8. The van der Waals surface area contributed by atoms with Crippen LogP contribution in [0.2, 0.25) is 0 Å². The van der Waals surface area contributed by atoms with Crippen LogP contribution in [0.5, 0.6) is 0 Å². The Bertz CT molecular complexity index is 586. The zero-order valence-electron chi connectivity index (χ0n) is 14.3. The van der Waals surface area contributed by atoms with Crippen LogP contribution in [0.1, 0.15) is 73.4 Å². The maximum Gasteiger partial charge on any atom is 0.336 e. The van der Waals surface area contributed by atoms with Gasteiger partial charge in [0.15, 0.2) is 0 Å². The summed E-state index contributed by atoms with van der Waals surface area (Å²) in [5.41, 5.74) is 1.23. The van der Waals surface area contributed by atoms with Crippen molar-refractivity contribution in [3.63, 3.8) is 0 Å². The Kier molecular flexibility index (Phi) is 5.06. The van der Waals surface area contributed by atoms with Crippen molar-refractivity contribution in [2.75, 3.05) is 0 Å². The number of carboxylic acid groups (broad SMARTS) is 2. The average molecular weight is 306 g/mol. The third-order valence-corrected chi connectivity index (χ3v) is 3.28. The van der Waals surface area contributed by atoms with E-state index in [1.54, 1.807) is 6.07 Å². The fourth-order valence-electron chi connectivity index (χ4n) is 2.58. The molecule has 0 spiro atoms. The molecule has 0 saturated carbocycles. The summed E-state index contributed by atoms with van der Waals surface area (Å²) in [5.74, 6) is -2.37. The normalized spacial score (nSPS) is 12.3. The van der Waals surface area contributed by atoms with E-state index in [1.807, 2.05) is 20.8 Å². The van der Waals surface area contributed by atoms with E-state index in [9.17, 15) is 19.8 Å². The van der Waals surface area contributed by atoms with Gasteiger partial charge in [-0.2, -0.15) is 0 Å². The second kappa shape index (κ2) is 6.11. The zero-order valence-corrected chi connectivity index (χ0v) is 14.3. The van der Waals surface area contributed by atoms with Crippen LogP contribution in [-0.4, -0.2) is 22.2 Å². The molecule has 4 heteroatoms. The third kappa shape index (κ3) is 4.86. The quantitative estimate of drug-likeness (QED) is 0.871. The highest BCUT2D eigenvalue weighted by molar-refractivity contribution is 6.03. The molecule has 0 aromatic heterocycles. The molecule has 0 atom stereocenters. The Morgan fingerprint density at radius 2 is 1.36 bits per heavy atom. The van der Waals surface area contributed by atoms with Crippen LogP contribution in [0, 0.1) is 10.8 Å². The van der Waals surface area contributed by atoms with Gasteiger partial charge in [-0.25, -0.2) is 9.59 Å². The van der Waals surface area contributed by atoms with Crippen molar-refractivity contribution < 1.29 is 19.8 Å². The first-order valence-electron chi connectivity index (χ1n) is 7.43. The van der Waals surface area contributed by atoms with Crippen molar-refractivity contribution in [1.82, 2.24) is 0 Å². The molecule has 0 aliphatic rings. The Balaban J connectivity index is 3.62. The molecule has 0 aliphatic carbocycles. The second-order valence-corrected chi connectivity index (χ2v) is 8.21. The van der Waals surface area contributed by atoms with Crippen LogP contribution in [0.25, 0.3) is 0 Å². The molecular weight excluding hydrogens is 280 g/mol. The van der Waals surface area contributed by atoms with Crippen LogP contribution >= 0.6 is 0 Å². The lowest BCUT2D eigenvalue weighted by molar-refractivity contribution is 0.0649. The second-order valence-electron chi connectivity index (χ2n) is 8.21. The lowest BCUT2D eigenvalue weighted by atomic mass is 9.78. The van der Waals surface area contributed by atoms with Crippen molar-refractivity contribution in [3.8, 4) is 0 Å². The molecule has 0 bridgehead atoms. The van der Waals surface area contributed by atoms with Gasteiger partial charge in [-0.15, -0.1) is 0 Å². The minimum absolute atomic E-state index is 0.00680. The molecule has 4 nitrogen and oxygen atoms in total. The molecule has 0 amide bonds. The topological polar surface area (TPSA) is 74.6 Å². The summed E-state index contributed by atoms with van der Waals surface area (Å²) in [4.78, 5) is 23.1. The summed E-state index contributed by atoms with van der Waals surface area (Å²) in [6, 6.07) is 3.18. The van der Waals surface area contributed by atoms with E-state index in [4.69, 9.17) is 0 Å². The van der Waals surface area contributed by atoms with E-state index in [-0.39, 0.29) is 22.0 Å². The molecule has 1 aromatic carbocycles. The number of carbonyl (C=O) groups is 2. The Hall–Kier alpha value is -1.84. The SMILES string of the molecule is CC(C)(C)Cc1ccc(C(=O)O)c(C(=O)O)c1CC(C)(C)C. The average Bonchev–Trinajstić information content (AvgIpc) is 2.26. The number of hydrogen-bond acceptors (Lipinski definition) is 2. The summed E-state index contributed by atoms with van der Waals surface area (Å²) < 4.78 is 0. The minimum atomic E-state index is -1.20. The molecular formula is C18H26O4. The maximum atomic E-state index is 11.7. The first kappa shape index (κ1) is 18.2. The van der Waals surface area contributed by atoms with Gasteiger partial charge < -0.3 is 10.2 Å². The van der Waals surface area contributed by atoms with Crippen LogP contribution in [-0.2, 0) is 12.8 Å². The molecule has 0 fully saturated rings. The predicted octanol–water partition coefficient (Wildman–Crippen LogP) is 4.26. The lowest BCUT2D eigenvalue weighted by Gasteiger charge is -2.26. The highest BCUT2D eigenvalue weighted by Gasteiger charge is 2.27. The van der Waals surface area contributed by atoms with E-state index < -0.39 is 11.9 Å². The van der Waals surface area contributed by atoms with E-state index in [2.05, 4.69) is 20.8 Å². The Morgan fingerprint density at radius 1 is 0.864 bits per heavy atom.